The van der Waals surface area contributed by atoms with Gasteiger partial charge in [0.05, 0.1) is 11.4 Å². The molecule has 1 N–H and O–H groups in total. The van der Waals surface area contributed by atoms with Gasteiger partial charge >= 0.3 is 0 Å². The molecular formula is C19H13ClN4O2S. The second-order valence-electron chi connectivity index (χ2n) is 5.60. The number of halogens is 1. The van der Waals surface area contributed by atoms with Gasteiger partial charge in [0.15, 0.2) is 0 Å². The van der Waals surface area contributed by atoms with E-state index in [1.165, 1.54) is 11.3 Å². The lowest BCUT2D eigenvalue weighted by Gasteiger charge is -1.99. The Labute approximate surface area is 163 Å². The molecule has 0 aliphatic rings. The summed E-state index contributed by atoms with van der Waals surface area (Å²) >= 11 is 7.32. The Bertz CT molecular complexity index is 1060. The molecule has 0 spiro atoms. The van der Waals surface area contributed by atoms with Gasteiger partial charge in [-0.3, -0.25) is 9.78 Å². The third kappa shape index (κ3) is 4.05. The zero-order valence-corrected chi connectivity index (χ0v) is 15.5. The number of hydrogen-bond donors (Lipinski definition) is 1. The number of aromatic nitrogens is 3. The van der Waals surface area contributed by atoms with E-state index in [9.17, 15) is 4.79 Å². The number of thiophene rings is 1. The van der Waals surface area contributed by atoms with E-state index in [2.05, 4.69) is 20.4 Å². The minimum Gasteiger partial charge on any atom is -0.342 e. The molecule has 3 aromatic heterocycles. The van der Waals surface area contributed by atoms with Crippen molar-refractivity contribution in [1.29, 1.82) is 0 Å². The molecule has 1 aromatic carbocycles. The number of carbonyl (C=O) groups is 1. The van der Waals surface area contributed by atoms with Crippen molar-refractivity contribution in [2.75, 3.05) is 0 Å². The summed E-state index contributed by atoms with van der Waals surface area (Å²) in [5, 5.41) is 7.39. The minimum absolute atomic E-state index is 0.158. The van der Waals surface area contributed by atoms with Crippen molar-refractivity contribution in [3.63, 3.8) is 0 Å². The normalized spacial score (nSPS) is 10.7. The summed E-state index contributed by atoms with van der Waals surface area (Å²) in [5.41, 5.74) is 1.82. The highest BCUT2D eigenvalue weighted by Crippen LogP contribution is 2.29. The van der Waals surface area contributed by atoms with E-state index in [1.54, 1.807) is 30.6 Å². The number of nitrogens with one attached hydrogen (secondary N) is 1. The Morgan fingerprint density at radius 1 is 1.04 bits per heavy atom. The minimum atomic E-state index is -0.191. The second kappa shape index (κ2) is 7.69. The van der Waals surface area contributed by atoms with Gasteiger partial charge in [-0.05, 0) is 42.0 Å². The van der Waals surface area contributed by atoms with Crippen LogP contribution < -0.4 is 5.32 Å². The molecule has 6 nitrogen and oxygen atoms in total. The van der Waals surface area contributed by atoms with Crippen LogP contribution in [0, 0.1) is 0 Å². The summed E-state index contributed by atoms with van der Waals surface area (Å²) in [7, 11) is 0. The Morgan fingerprint density at radius 2 is 1.81 bits per heavy atom. The first kappa shape index (κ1) is 17.4. The van der Waals surface area contributed by atoms with Gasteiger partial charge in [0.1, 0.15) is 0 Å². The molecular weight excluding hydrogens is 384 g/mol. The molecule has 0 aliphatic heterocycles. The van der Waals surface area contributed by atoms with Crippen molar-refractivity contribution in [3.8, 4) is 21.8 Å². The Morgan fingerprint density at radius 3 is 2.59 bits per heavy atom. The molecule has 3 heterocycles. The molecule has 0 radical (unpaired) electrons. The molecule has 0 aliphatic carbocycles. The molecule has 1 amide bonds. The molecule has 27 heavy (non-hydrogen) atoms. The van der Waals surface area contributed by atoms with Crippen molar-refractivity contribution < 1.29 is 9.32 Å². The molecule has 4 rings (SSSR count). The van der Waals surface area contributed by atoms with Crippen molar-refractivity contribution in [2.24, 2.45) is 0 Å². The van der Waals surface area contributed by atoms with E-state index in [-0.39, 0.29) is 12.5 Å². The highest BCUT2D eigenvalue weighted by atomic mass is 35.5. The Balaban J connectivity index is 1.40. The van der Waals surface area contributed by atoms with Crippen LogP contribution in [0.2, 0.25) is 5.02 Å². The summed E-state index contributed by atoms with van der Waals surface area (Å²) in [4.78, 5) is 22.2. The van der Waals surface area contributed by atoms with E-state index in [0.29, 0.717) is 21.6 Å². The molecule has 0 fully saturated rings. The van der Waals surface area contributed by atoms with Crippen LogP contribution in [0.1, 0.15) is 15.6 Å². The predicted molar refractivity (Wildman–Crippen MR) is 103 cm³/mol. The fourth-order valence-corrected chi connectivity index (χ4v) is 3.47. The molecule has 0 saturated heterocycles. The molecule has 0 atom stereocenters. The summed E-state index contributed by atoms with van der Waals surface area (Å²) in [6.07, 6.45) is 3.31. The molecule has 4 aromatic rings. The van der Waals surface area contributed by atoms with Crippen LogP contribution in [0.25, 0.3) is 21.8 Å². The number of pyridine rings is 1. The Hall–Kier alpha value is -3.03. The van der Waals surface area contributed by atoms with E-state index < -0.39 is 0 Å². The van der Waals surface area contributed by atoms with Gasteiger partial charge in [-0.15, -0.1) is 11.3 Å². The summed E-state index contributed by atoms with van der Waals surface area (Å²) in [5.74, 6) is 0.608. The Kier molecular flexibility index (Phi) is 4.95. The van der Waals surface area contributed by atoms with Gasteiger partial charge in [0, 0.05) is 27.9 Å². The van der Waals surface area contributed by atoms with Gasteiger partial charge < -0.3 is 9.84 Å². The van der Waals surface area contributed by atoms with Crippen molar-refractivity contribution in [2.45, 2.75) is 6.54 Å². The number of rotatable bonds is 5. The third-order valence-electron chi connectivity index (χ3n) is 3.77. The quantitative estimate of drug-likeness (QED) is 0.539. The number of amides is 1. The fourth-order valence-electron chi connectivity index (χ4n) is 2.42. The largest absolute Gasteiger partial charge is 0.342 e. The maximum absolute atomic E-state index is 12.4. The average molecular weight is 397 g/mol. The summed E-state index contributed by atoms with van der Waals surface area (Å²) in [6.45, 7) is 0.158. The van der Waals surface area contributed by atoms with Gasteiger partial charge in [-0.25, -0.2) is 0 Å². The zero-order chi connectivity index (χ0) is 18.6. The highest BCUT2D eigenvalue weighted by Gasteiger charge is 2.13. The SMILES string of the molecule is O=C(NCc1nc(-c2ccncc2)no1)c1ccc(-c2ccc(Cl)cc2)s1. The molecule has 0 bridgehead atoms. The van der Waals surface area contributed by atoms with Gasteiger partial charge in [0.25, 0.3) is 5.91 Å². The number of nitrogens with zero attached hydrogens (tertiary/aromatic N) is 3. The maximum atomic E-state index is 12.4. The van der Waals surface area contributed by atoms with E-state index in [1.807, 2.05) is 30.3 Å². The van der Waals surface area contributed by atoms with Crippen LogP contribution in [-0.4, -0.2) is 21.0 Å². The van der Waals surface area contributed by atoms with Crippen LogP contribution in [0.4, 0.5) is 0 Å². The highest BCUT2D eigenvalue weighted by molar-refractivity contribution is 7.17. The van der Waals surface area contributed by atoms with Gasteiger partial charge in [-0.1, -0.05) is 28.9 Å². The number of benzene rings is 1. The molecule has 8 heteroatoms. The number of hydrogen-bond acceptors (Lipinski definition) is 6. The zero-order valence-electron chi connectivity index (χ0n) is 13.9. The average Bonchev–Trinajstić information content (AvgIpc) is 3.37. The lowest BCUT2D eigenvalue weighted by atomic mass is 10.2. The van der Waals surface area contributed by atoms with Crippen molar-refractivity contribution in [3.05, 3.63) is 76.7 Å². The predicted octanol–water partition coefficient (Wildman–Crippen LogP) is 4.44. The van der Waals surface area contributed by atoms with Gasteiger partial charge in [-0.2, -0.15) is 4.98 Å². The lowest BCUT2D eigenvalue weighted by Crippen LogP contribution is -2.21. The monoisotopic (exact) mass is 396 g/mol. The van der Waals surface area contributed by atoms with Crippen LogP contribution in [0.15, 0.2) is 65.4 Å². The topological polar surface area (TPSA) is 80.9 Å². The molecule has 0 saturated carbocycles. The van der Waals surface area contributed by atoms with E-state index >= 15 is 0 Å². The third-order valence-corrected chi connectivity index (χ3v) is 5.15. The van der Waals surface area contributed by atoms with E-state index in [0.717, 1.165) is 16.0 Å². The first-order valence-electron chi connectivity index (χ1n) is 8.06. The summed E-state index contributed by atoms with van der Waals surface area (Å²) < 4.78 is 5.19. The van der Waals surface area contributed by atoms with E-state index in [4.69, 9.17) is 16.1 Å². The molecule has 134 valence electrons. The maximum Gasteiger partial charge on any atom is 0.261 e. The van der Waals surface area contributed by atoms with Crippen LogP contribution in [0.3, 0.4) is 0 Å². The lowest BCUT2D eigenvalue weighted by molar-refractivity contribution is 0.0950. The number of carbonyl (C=O) groups excluding carboxylic acids is 1. The molecule has 0 unspecified atom stereocenters. The summed E-state index contributed by atoms with van der Waals surface area (Å²) in [6, 6.07) is 14.8. The van der Waals surface area contributed by atoms with Crippen LogP contribution in [0.5, 0.6) is 0 Å². The standard InChI is InChI=1S/C19H13ClN4O2S/c20-14-3-1-12(2-4-14)15-5-6-16(27-15)19(25)22-11-17-23-18(24-26-17)13-7-9-21-10-8-13/h1-10H,11H2,(H,22,25). The van der Waals surface area contributed by atoms with Crippen molar-refractivity contribution in [1.82, 2.24) is 20.4 Å². The first-order chi connectivity index (χ1) is 13.2. The first-order valence-corrected chi connectivity index (χ1v) is 9.25. The fraction of sp³-hybridized carbons (Fsp3) is 0.0526. The van der Waals surface area contributed by atoms with Gasteiger partial charge in [0.2, 0.25) is 11.7 Å². The second-order valence-corrected chi connectivity index (χ2v) is 7.12. The van der Waals surface area contributed by atoms with Crippen LogP contribution >= 0.6 is 22.9 Å². The van der Waals surface area contributed by atoms with Crippen LogP contribution in [-0.2, 0) is 6.54 Å². The smallest absolute Gasteiger partial charge is 0.261 e. The van der Waals surface area contributed by atoms with Crippen molar-refractivity contribution >= 4 is 28.8 Å².